The highest BCUT2D eigenvalue weighted by molar-refractivity contribution is 6.33. The molecular formula is C12H16Cl2N2. The van der Waals surface area contributed by atoms with Crippen molar-refractivity contribution < 1.29 is 0 Å². The van der Waals surface area contributed by atoms with E-state index in [9.17, 15) is 0 Å². The molecule has 0 radical (unpaired) electrons. The van der Waals surface area contributed by atoms with E-state index in [1.807, 2.05) is 18.2 Å². The third-order valence-electron chi connectivity index (χ3n) is 3.35. The van der Waals surface area contributed by atoms with Crippen molar-refractivity contribution in [1.82, 2.24) is 4.90 Å². The van der Waals surface area contributed by atoms with Crippen LogP contribution in [0.25, 0.3) is 0 Å². The maximum Gasteiger partial charge on any atom is 0.0455 e. The second-order valence-electron chi connectivity index (χ2n) is 4.38. The molecule has 1 aromatic rings. The Labute approximate surface area is 106 Å². The zero-order chi connectivity index (χ0) is 11.7. The highest BCUT2D eigenvalue weighted by atomic mass is 35.5. The van der Waals surface area contributed by atoms with Crippen LogP contribution in [-0.4, -0.2) is 25.0 Å². The predicted molar refractivity (Wildman–Crippen MR) is 69.0 cm³/mol. The minimum absolute atomic E-state index is 0.302. The Morgan fingerprint density at radius 2 is 2.19 bits per heavy atom. The van der Waals surface area contributed by atoms with Crippen LogP contribution < -0.4 is 5.73 Å². The summed E-state index contributed by atoms with van der Waals surface area (Å²) in [5.74, 6) is 0.473. The summed E-state index contributed by atoms with van der Waals surface area (Å²) in [6.07, 6.45) is 1.13. The van der Waals surface area contributed by atoms with E-state index >= 15 is 0 Å². The fourth-order valence-corrected chi connectivity index (χ4v) is 2.92. The predicted octanol–water partition coefficient (Wildman–Crippen LogP) is 2.94. The third-order valence-corrected chi connectivity index (χ3v) is 3.93. The van der Waals surface area contributed by atoms with Gasteiger partial charge in [0, 0.05) is 16.1 Å². The first-order valence-corrected chi connectivity index (χ1v) is 6.24. The van der Waals surface area contributed by atoms with E-state index in [-0.39, 0.29) is 0 Å². The maximum atomic E-state index is 6.24. The fourth-order valence-electron chi connectivity index (χ4n) is 2.51. The maximum absolute atomic E-state index is 6.24. The van der Waals surface area contributed by atoms with Crippen molar-refractivity contribution in [2.45, 2.75) is 12.5 Å². The molecule has 1 aliphatic heterocycles. The van der Waals surface area contributed by atoms with Crippen LogP contribution >= 0.6 is 23.2 Å². The highest BCUT2D eigenvalue weighted by Gasteiger charge is 2.33. The van der Waals surface area contributed by atoms with Gasteiger partial charge in [0.1, 0.15) is 0 Å². The molecule has 2 N–H and O–H groups in total. The molecular weight excluding hydrogens is 243 g/mol. The van der Waals surface area contributed by atoms with E-state index < -0.39 is 0 Å². The van der Waals surface area contributed by atoms with Crippen molar-refractivity contribution in [1.29, 1.82) is 0 Å². The molecule has 2 atom stereocenters. The summed E-state index contributed by atoms with van der Waals surface area (Å²) >= 11 is 12.3. The van der Waals surface area contributed by atoms with Crippen molar-refractivity contribution >= 4 is 23.2 Å². The SMILES string of the molecule is CN1CCC(CN)C1c1cc(Cl)ccc1Cl. The number of benzene rings is 1. The lowest BCUT2D eigenvalue weighted by Gasteiger charge is -2.25. The van der Waals surface area contributed by atoms with Crippen LogP contribution in [0.5, 0.6) is 0 Å². The van der Waals surface area contributed by atoms with Crippen molar-refractivity contribution in [2.24, 2.45) is 11.7 Å². The van der Waals surface area contributed by atoms with Crippen LogP contribution in [-0.2, 0) is 0 Å². The zero-order valence-corrected chi connectivity index (χ0v) is 10.8. The monoisotopic (exact) mass is 258 g/mol. The molecule has 0 bridgehead atoms. The van der Waals surface area contributed by atoms with Crippen LogP contribution in [0, 0.1) is 5.92 Å². The first-order valence-electron chi connectivity index (χ1n) is 5.48. The normalized spacial score (nSPS) is 26.2. The van der Waals surface area contributed by atoms with E-state index in [0.29, 0.717) is 18.5 Å². The van der Waals surface area contributed by atoms with Crippen molar-refractivity contribution in [2.75, 3.05) is 20.1 Å². The number of likely N-dealkylation sites (tertiary alicyclic amines) is 1. The number of rotatable bonds is 2. The molecule has 0 saturated carbocycles. The average molecular weight is 259 g/mol. The summed E-state index contributed by atoms with van der Waals surface area (Å²) in [4.78, 5) is 2.30. The third kappa shape index (κ3) is 2.21. The van der Waals surface area contributed by atoms with Gasteiger partial charge in [0.2, 0.25) is 0 Å². The van der Waals surface area contributed by atoms with Gasteiger partial charge in [-0.05, 0) is 56.2 Å². The van der Waals surface area contributed by atoms with Crippen LogP contribution in [0.1, 0.15) is 18.0 Å². The number of nitrogens with zero attached hydrogens (tertiary/aromatic N) is 1. The fraction of sp³-hybridized carbons (Fsp3) is 0.500. The van der Waals surface area contributed by atoms with Gasteiger partial charge in [-0.15, -0.1) is 0 Å². The lowest BCUT2D eigenvalue weighted by Crippen LogP contribution is -2.25. The second-order valence-corrected chi connectivity index (χ2v) is 5.22. The zero-order valence-electron chi connectivity index (χ0n) is 9.29. The van der Waals surface area contributed by atoms with Crippen LogP contribution in [0.2, 0.25) is 10.0 Å². The summed E-state index contributed by atoms with van der Waals surface area (Å²) in [5.41, 5.74) is 6.91. The van der Waals surface area contributed by atoms with Gasteiger partial charge in [-0.3, -0.25) is 4.90 Å². The molecule has 2 nitrogen and oxygen atoms in total. The molecule has 0 spiro atoms. The van der Waals surface area contributed by atoms with E-state index in [2.05, 4.69) is 11.9 Å². The summed E-state index contributed by atoms with van der Waals surface area (Å²) in [6.45, 7) is 1.76. The largest absolute Gasteiger partial charge is 0.330 e. The van der Waals surface area contributed by atoms with Gasteiger partial charge in [-0.25, -0.2) is 0 Å². The molecule has 2 rings (SSSR count). The number of halogens is 2. The van der Waals surface area contributed by atoms with Crippen LogP contribution in [0.15, 0.2) is 18.2 Å². The molecule has 1 aromatic carbocycles. The van der Waals surface area contributed by atoms with Gasteiger partial charge < -0.3 is 5.73 Å². The first-order chi connectivity index (χ1) is 7.63. The Morgan fingerprint density at radius 3 is 2.88 bits per heavy atom. The smallest absolute Gasteiger partial charge is 0.0455 e. The standard InChI is InChI=1S/C12H16Cl2N2/c1-16-5-4-8(7-15)12(16)10-6-9(13)2-3-11(10)14/h2-3,6,8,12H,4-5,7,15H2,1H3. The summed E-state index contributed by atoms with van der Waals surface area (Å²) in [7, 11) is 2.11. The van der Waals surface area contributed by atoms with Crippen molar-refractivity contribution in [3.63, 3.8) is 0 Å². The van der Waals surface area contributed by atoms with Crippen LogP contribution in [0.4, 0.5) is 0 Å². The van der Waals surface area contributed by atoms with Gasteiger partial charge in [0.25, 0.3) is 0 Å². The molecule has 1 saturated heterocycles. The van der Waals surface area contributed by atoms with E-state index in [1.165, 1.54) is 0 Å². The minimum Gasteiger partial charge on any atom is -0.330 e. The Kier molecular flexibility index (Phi) is 3.75. The Hall–Kier alpha value is -0.280. The molecule has 16 heavy (non-hydrogen) atoms. The molecule has 0 aromatic heterocycles. The summed E-state index contributed by atoms with van der Waals surface area (Å²) < 4.78 is 0. The average Bonchev–Trinajstić information content (AvgIpc) is 2.63. The van der Waals surface area contributed by atoms with Gasteiger partial charge in [0.15, 0.2) is 0 Å². The quantitative estimate of drug-likeness (QED) is 0.884. The molecule has 1 aliphatic rings. The summed E-state index contributed by atoms with van der Waals surface area (Å²) in [5, 5.41) is 1.51. The number of hydrogen-bond acceptors (Lipinski definition) is 2. The van der Waals surface area contributed by atoms with Gasteiger partial charge in [0.05, 0.1) is 0 Å². The molecule has 1 fully saturated rings. The Balaban J connectivity index is 2.37. The molecule has 0 amide bonds. The Bertz CT molecular complexity index is 381. The van der Waals surface area contributed by atoms with Crippen LogP contribution in [0.3, 0.4) is 0 Å². The van der Waals surface area contributed by atoms with E-state index in [1.54, 1.807) is 0 Å². The Morgan fingerprint density at radius 1 is 1.44 bits per heavy atom. The van der Waals surface area contributed by atoms with Gasteiger partial charge in [-0.1, -0.05) is 23.2 Å². The molecule has 88 valence electrons. The molecule has 1 heterocycles. The van der Waals surface area contributed by atoms with Crippen molar-refractivity contribution in [3.05, 3.63) is 33.8 Å². The van der Waals surface area contributed by atoms with E-state index in [0.717, 1.165) is 28.6 Å². The minimum atomic E-state index is 0.302. The summed E-state index contributed by atoms with van der Waals surface area (Å²) in [6, 6.07) is 5.94. The molecule has 4 heteroatoms. The second kappa shape index (κ2) is 4.92. The number of hydrogen-bond donors (Lipinski definition) is 1. The first kappa shape index (κ1) is 12.2. The molecule has 2 unspecified atom stereocenters. The van der Waals surface area contributed by atoms with E-state index in [4.69, 9.17) is 28.9 Å². The van der Waals surface area contributed by atoms with Gasteiger partial charge in [-0.2, -0.15) is 0 Å². The molecule has 0 aliphatic carbocycles. The lowest BCUT2D eigenvalue weighted by atomic mass is 9.94. The number of nitrogens with two attached hydrogens (primary N) is 1. The van der Waals surface area contributed by atoms with Gasteiger partial charge >= 0.3 is 0 Å². The topological polar surface area (TPSA) is 29.3 Å². The highest BCUT2D eigenvalue weighted by Crippen LogP contribution is 2.39. The lowest BCUT2D eigenvalue weighted by molar-refractivity contribution is 0.280. The van der Waals surface area contributed by atoms with Crippen molar-refractivity contribution in [3.8, 4) is 0 Å².